The van der Waals surface area contributed by atoms with Crippen LogP contribution in [0.5, 0.6) is 0 Å². The van der Waals surface area contributed by atoms with Gasteiger partial charge in [-0.05, 0) is 34.9 Å². The van der Waals surface area contributed by atoms with Crippen molar-refractivity contribution < 1.29 is 31.4 Å². The number of ether oxygens (including phenoxy) is 2. The molecule has 4 nitrogen and oxygen atoms in total. The normalized spacial score (nSPS) is 13.8. The Kier molecular flexibility index (Phi) is 7.58. The SMILES string of the molecule is Fc1cc(/C=C/C2=CC(OCc3ccccc3)=C(OCc3ccccc3)NN2)cc(F)c1C(F)(F)F. The van der Waals surface area contributed by atoms with E-state index < -0.39 is 23.4 Å². The van der Waals surface area contributed by atoms with Crippen LogP contribution in [0.4, 0.5) is 22.0 Å². The van der Waals surface area contributed by atoms with Crippen LogP contribution in [0.3, 0.4) is 0 Å². The molecule has 1 heterocycles. The number of nitrogens with one attached hydrogen (secondary N) is 2. The molecule has 186 valence electrons. The Morgan fingerprint density at radius 2 is 1.28 bits per heavy atom. The van der Waals surface area contributed by atoms with Gasteiger partial charge in [0.15, 0.2) is 5.76 Å². The summed E-state index contributed by atoms with van der Waals surface area (Å²) in [5.74, 6) is -2.69. The first kappa shape index (κ1) is 24.8. The minimum absolute atomic E-state index is 0.0810. The quantitative estimate of drug-likeness (QED) is 0.343. The molecule has 0 saturated heterocycles. The topological polar surface area (TPSA) is 42.5 Å². The van der Waals surface area contributed by atoms with Crippen LogP contribution in [0.2, 0.25) is 0 Å². The molecule has 3 aromatic rings. The van der Waals surface area contributed by atoms with E-state index >= 15 is 0 Å². The third-order valence-electron chi connectivity index (χ3n) is 5.10. The predicted octanol–water partition coefficient (Wildman–Crippen LogP) is 6.59. The number of halogens is 5. The zero-order chi connectivity index (χ0) is 25.5. The van der Waals surface area contributed by atoms with Crippen molar-refractivity contribution in [3.8, 4) is 0 Å². The van der Waals surface area contributed by atoms with Crippen LogP contribution in [-0.4, -0.2) is 0 Å². The summed E-state index contributed by atoms with van der Waals surface area (Å²) in [6.45, 7) is 0.519. The van der Waals surface area contributed by atoms with Gasteiger partial charge >= 0.3 is 6.18 Å². The van der Waals surface area contributed by atoms with Crippen LogP contribution >= 0.6 is 0 Å². The first-order valence-corrected chi connectivity index (χ1v) is 10.9. The Labute approximate surface area is 204 Å². The molecule has 0 spiro atoms. The third kappa shape index (κ3) is 6.44. The molecule has 3 aromatic carbocycles. The summed E-state index contributed by atoms with van der Waals surface area (Å²) >= 11 is 0. The maximum atomic E-state index is 13.9. The molecule has 0 atom stereocenters. The largest absolute Gasteiger partial charge is 0.483 e. The van der Waals surface area contributed by atoms with Crippen LogP contribution < -0.4 is 10.9 Å². The van der Waals surface area contributed by atoms with Gasteiger partial charge in [-0.15, -0.1) is 0 Å². The molecule has 0 unspecified atom stereocenters. The smallest absolute Gasteiger partial charge is 0.422 e. The van der Waals surface area contributed by atoms with Crippen LogP contribution in [0.1, 0.15) is 22.3 Å². The van der Waals surface area contributed by atoms with Gasteiger partial charge in [-0.3, -0.25) is 10.9 Å². The standard InChI is InChI=1S/C27H21F5N2O2/c28-22-13-20(14-23(29)25(22)27(30,31)32)11-12-21-15-24(35-16-18-7-3-1-4-8-18)26(34-33-21)36-17-19-9-5-2-6-10-19/h1-15,33-34H,16-17H2/b12-11+. The minimum Gasteiger partial charge on any atom is -0.483 e. The first-order chi connectivity index (χ1) is 17.3. The number of rotatable bonds is 8. The van der Waals surface area contributed by atoms with E-state index in [4.69, 9.17) is 9.47 Å². The highest BCUT2D eigenvalue weighted by molar-refractivity contribution is 5.54. The van der Waals surface area contributed by atoms with E-state index in [-0.39, 0.29) is 18.8 Å². The molecule has 0 aromatic heterocycles. The van der Waals surface area contributed by atoms with Crippen molar-refractivity contribution >= 4 is 6.08 Å². The lowest BCUT2D eigenvalue weighted by molar-refractivity contribution is -0.142. The maximum Gasteiger partial charge on any atom is 0.422 e. The summed E-state index contributed by atoms with van der Waals surface area (Å²) in [6.07, 6.45) is -0.807. The van der Waals surface area contributed by atoms with E-state index in [1.807, 2.05) is 60.7 Å². The highest BCUT2D eigenvalue weighted by Crippen LogP contribution is 2.34. The van der Waals surface area contributed by atoms with Gasteiger partial charge in [0.25, 0.3) is 0 Å². The van der Waals surface area contributed by atoms with Gasteiger partial charge in [0.1, 0.15) is 30.4 Å². The average Bonchev–Trinajstić information content (AvgIpc) is 2.85. The van der Waals surface area contributed by atoms with Gasteiger partial charge in [-0.25, -0.2) is 8.78 Å². The predicted molar refractivity (Wildman–Crippen MR) is 124 cm³/mol. The molecule has 0 bridgehead atoms. The number of alkyl halides is 3. The summed E-state index contributed by atoms with van der Waals surface area (Å²) in [5.41, 5.74) is 6.03. The Balaban J connectivity index is 1.55. The molecule has 0 amide bonds. The molecule has 0 fully saturated rings. The second kappa shape index (κ2) is 11.0. The van der Waals surface area contributed by atoms with Crippen molar-refractivity contribution in [3.63, 3.8) is 0 Å². The van der Waals surface area contributed by atoms with Crippen LogP contribution in [-0.2, 0) is 28.9 Å². The summed E-state index contributed by atoms with van der Waals surface area (Å²) in [4.78, 5) is 0. The first-order valence-electron chi connectivity index (χ1n) is 10.9. The lowest BCUT2D eigenvalue weighted by atomic mass is 10.1. The van der Waals surface area contributed by atoms with Crippen molar-refractivity contribution in [2.45, 2.75) is 19.4 Å². The number of benzene rings is 3. The fourth-order valence-electron chi connectivity index (χ4n) is 3.35. The van der Waals surface area contributed by atoms with Crippen LogP contribution in [0.15, 0.2) is 102 Å². The average molecular weight is 500 g/mol. The van der Waals surface area contributed by atoms with Gasteiger partial charge < -0.3 is 9.47 Å². The number of hydrazine groups is 1. The highest BCUT2D eigenvalue weighted by atomic mass is 19.4. The zero-order valence-electron chi connectivity index (χ0n) is 18.8. The summed E-state index contributed by atoms with van der Waals surface area (Å²) < 4.78 is 78.0. The third-order valence-corrected chi connectivity index (χ3v) is 5.10. The number of hydrogen-bond acceptors (Lipinski definition) is 4. The van der Waals surface area contributed by atoms with Gasteiger partial charge in [0, 0.05) is 6.08 Å². The van der Waals surface area contributed by atoms with Gasteiger partial charge in [-0.2, -0.15) is 13.2 Å². The van der Waals surface area contributed by atoms with E-state index in [1.165, 1.54) is 12.2 Å². The molecule has 2 N–H and O–H groups in total. The van der Waals surface area contributed by atoms with Crippen molar-refractivity contribution in [2.75, 3.05) is 0 Å². The summed E-state index contributed by atoms with van der Waals surface area (Å²) in [5, 5.41) is 0. The molecular formula is C27H21F5N2O2. The molecule has 4 rings (SSSR count). The lowest BCUT2D eigenvalue weighted by Gasteiger charge is -2.22. The van der Waals surface area contributed by atoms with Crippen molar-refractivity contribution in [2.24, 2.45) is 0 Å². The fourth-order valence-corrected chi connectivity index (χ4v) is 3.35. The summed E-state index contributed by atoms with van der Waals surface area (Å²) in [7, 11) is 0. The number of hydrogen-bond donors (Lipinski definition) is 2. The van der Waals surface area contributed by atoms with Gasteiger partial charge in [-0.1, -0.05) is 66.7 Å². The van der Waals surface area contributed by atoms with Gasteiger partial charge in [0.2, 0.25) is 5.88 Å². The van der Waals surface area contributed by atoms with Crippen molar-refractivity contribution in [1.82, 2.24) is 10.9 Å². The Bertz CT molecular complexity index is 1260. The second-order valence-electron chi connectivity index (χ2n) is 7.78. The Hall–Kier alpha value is -4.27. The molecule has 0 saturated carbocycles. The van der Waals surface area contributed by atoms with Crippen molar-refractivity contribution in [1.29, 1.82) is 0 Å². The van der Waals surface area contributed by atoms with E-state index in [1.54, 1.807) is 6.08 Å². The fraction of sp³-hybridized carbons (Fsp3) is 0.111. The monoisotopic (exact) mass is 500 g/mol. The molecular weight excluding hydrogens is 479 g/mol. The number of allylic oxidation sites excluding steroid dienone is 2. The van der Waals surface area contributed by atoms with Crippen molar-refractivity contribution in [3.05, 3.63) is 136 Å². The second-order valence-corrected chi connectivity index (χ2v) is 7.78. The van der Waals surface area contributed by atoms with E-state index in [0.29, 0.717) is 29.5 Å². The molecule has 1 aliphatic rings. The molecule has 1 aliphatic heterocycles. The Morgan fingerprint density at radius 3 is 1.83 bits per heavy atom. The molecule has 9 heteroatoms. The van der Waals surface area contributed by atoms with Gasteiger partial charge in [0.05, 0.1) is 5.70 Å². The lowest BCUT2D eigenvalue weighted by Crippen LogP contribution is -2.35. The summed E-state index contributed by atoms with van der Waals surface area (Å²) in [6, 6.07) is 20.2. The minimum atomic E-state index is -5.13. The maximum absolute atomic E-state index is 13.9. The molecule has 36 heavy (non-hydrogen) atoms. The molecule has 0 radical (unpaired) electrons. The zero-order valence-corrected chi connectivity index (χ0v) is 18.8. The Morgan fingerprint density at radius 1 is 0.722 bits per heavy atom. The van der Waals surface area contributed by atoms with E-state index in [2.05, 4.69) is 10.9 Å². The van der Waals surface area contributed by atoms with E-state index in [0.717, 1.165) is 11.1 Å². The highest BCUT2D eigenvalue weighted by Gasteiger charge is 2.37. The molecule has 0 aliphatic carbocycles. The van der Waals surface area contributed by atoms with Crippen LogP contribution in [0, 0.1) is 11.6 Å². The van der Waals surface area contributed by atoms with E-state index in [9.17, 15) is 22.0 Å². The van der Waals surface area contributed by atoms with Crippen LogP contribution in [0.25, 0.3) is 6.08 Å².